The Morgan fingerprint density at radius 3 is 2.64 bits per heavy atom. The molecule has 0 aliphatic carbocycles. The standard InChI is InChI=1S/C8H12Cl2NO2P/c9-14(10,13)7-6-11-5-3-1-2-4-8(11)12/h6-7H,1-5H2/b7-6+. The molecule has 0 aromatic carbocycles. The number of carbonyl (C=O) groups is 1. The molecule has 0 aromatic rings. The smallest absolute Gasteiger partial charge is 0.276 e. The first-order valence-corrected chi connectivity index (χ1v) is 8.05. The molecule has 0 atom stereocenters. The van der Waals surface area contributed by atoms with Crippen LogP contribution in [-0.4, -0.2) is 17.4 Å². The van der Waals surface area contributed by atoms with E-state index in [0.717, 1.165) is 19.3 Å². The molecule has 3 nitrogen and oxygen atoms in total. The van der Waals surface area contributed by atoms with Crippen molar-refractivity contribution in [3.05, 3.63) is 12.0 Å². The molecule has 1 heterocycles. The molecule has 0 radical (unpaired) electrons. The average Bonchev–Trinajstić information content (AvgIpc) is 2.25. The van der Waals surface area contributed by atoms with Gasteiger partial charge in [0.2, 0.25) is 5.91 Å². The highest BCUT2D eigenvalue weighted by molar-refractivity contribution is 8.10. The van der Waals surface area contributed by atoms with E-state index in [4.69, 9.17) is 22.5 Å². The molecule has 0 spiro atoms. The van der Waals surface area contributed by atoms with Gasteiger partial charge in [-0.2, -0.15) is 0 Å². The van der Waals surface area contributed by atoms with Crippen LogP contribution in [-0.2, 0) is 9.36 Å². The summed E-state index contributed by atoms with van der Waals surface area (Å²) in [5.74, 6) is -1.97. The number of rotatable bonds is 2. The van der Waals surface area contributed by atoms with E-state index in [1.54, 1.807) is 0 Å². The topological polar surface area (TPSA) is 37.4 Å². The summed E-state index contributed by atoms with van der Waals surface area (Å²) in [6.07, 6.45) is 4.91. The van der Waals surface area contributed by atoms with Gasteiger partial charge in [0.05, 0.1) is 0 Å². The summed E-state index contributed by atoms with van der Waals surface area (Å²) in [6, 6.07) is 0. The minimum atomic E-state index is -3.20. The van der Waals surface area contributed by atoms with Crippen molar-refractivity contribution in [1.29, 1.82) is 0 Å². The lowest BCUT2D eigenvalue weighted by atomic mass is 10.2. The van der Waals surface area contributed by atoms with E-state index in [9.17, 15) is 9.36 Å². The van der Waals surface area contributed by atoms with Crippen molar-refractivity contribution in [3.63, 3.8) is 0 Å². The van der Waals surface area contributed by atoms with Crippen LogP contribution in [0.15, 0.2) is 12.0 Å². The molecule has 0 bridgehead atoms. The molecule has 1 amide bonds. The molecule has 1 aliphatic heterocycles. The van der Waals surface area contributed by atoms with Gasteiger partial charge in [0, 0.05) is 25.0 Å². The van der Waals surface area contributed by atoms with E-state index >= 15 is 0 Å². The van der Waals surface area contributed by atoms with Crippen LogP contribution in [0, 0.1) is 0 Å². The van der Waals surface area contributed by atoms with Gasteiger partial charge in [0.25, 0.3) is 5.85 Å². The average molecular weight is 256 g/mol. The predicted octanol–water partition coefficient (Wildman–Crippen LogP) is 3.53. The fourth-order valence-corrected chi connectivity index (χ4v) is 1.94. The summed E-state index contributed by atoms with van der Waals surface area (Å²) in [6.45, 7) is 0.656. The molecule has 80 valence electrons. The zero-order valence-corrected chi connectivity index (χ0v) is 10.1. The lowest BCUT2D eigenvalue weighted by molar-refractivity contribution is -0.128. The van der Waals surface area contributed by atoms with Crippen molar-refractivity contribution in [3.8, 4) is 0 Å². The fourth-order valence-electron chi connectivity index (χ4n) is 1.32. The summed E-state index contributed by atoms with van der Waals surface area (Å²) >= 11 is 10.7. The van der Waals surface area contributed by atoms with Crippen LogP contribution in [0.4, 0.5) is 0 Å². The molecule has 0 N–H and O–H groups in total. The van der Waals surface area contributed by atoms with E-state index in [-0.39, 0.29) is 5.91 Å². The lowest BCUT2D eigenvalue weighted by Crippen LogP contribution is -2.24. The van der Waals surface area contributed by atoms with Crippen LogP contribution < -0.4 is 0 Å². The van der Waals surface area contributed by atoms with Crippen LogP contribution in [0.2, 0.25) is 0 Å². The largest absolute Gasteiger partial charge is 0.319 e. The van der Waals surface area contributed by atoms with Gasteiger partial charge in [-0.15, -0.1) is 0 Å². The molecule has 6 heteroatoms. The monoisotopic (exact) mass is 255 g/mol. The Kier molecular flexibility index (Phi) is 4.49. The van der Waals surface area contributed by atoms with E-state index in [1.807, 2.05) is 0 Å². The van der Waals surface area contributed by atoms with Gasteiger partial charge in [-0.1, -0.05) is 6.42 Å². The Hall–Kier alpha value is 0.0200. The minimum Gasteiger partial charge on any atom is -0.319 e. The Balaban J connectivity index is 2.61. The van der Waals surface area contributed by atoms with Gasteiger partial charge >= 0.3 is 0 Å². The molecule has 1 rings (SSSR count). The van der Waals surface area contributed by atoms with Crippen molar-refractivity contribution in [2.45, 2.75) is 25.7 Å². The van der Waals surface area contributed by atoms with Gasteiger partial charge in [0.15, 0.2) is 0 Å². The number of hydrogen-bond donors (Lipinski definition) is 0. The van der Waals surface area contributed by atoms with Crippen molar-refractivity contribution in [2.24, 2.45) is 0 Å². The van der Waals surface area contributed by atoms with Crippen LogP contribution in [0.25, 0.3) is 0 Å². The van der Waals surface area contributed by atoms with E-state index in [1.165, 1.54) is 16.9 Å². The first kappa shape index (κ1) is 12.1. The lowest BCUT2D eigenvalue weighted by Gasteiger charge is -2.14. The normalized spacial score (nSPS) is 20.1. The molecule has 0 saturated carbocycles. The van der Waals surface area contributed by atoms with E-state index in [0.29, 0.717) is 13.0 Å². The third kappa shape index (κ3) is 4.50. The highest BCUT2D eigenvalue weighted by Crippen LogP contribution is 2.58. The highest BCUT2D eigenvalue weighted by atomic mass is 35.9. The Labute approximate surface area is 93.0 Å². The van der Waals surface area contributed by atoms with Gasteiger partial charge in [0.1, 0.15) is 0 Å². The molecular weight excluding hydrogens is 244 g/mol. The second-order valence-electron chi connectivity index (χ2n) is 3.20. The SMILES string of the molecule is O=C1CCCCCN1/C=C/P(=O)(Cl)Cl. The maximum Gasteiger partial charge on any atom is 0.276 e. The highest BCUT2D eigenvalue weighted by Gasteiger charge is 2.15. The predicted molar refractivity (Wildman–Crippen MR) is 58.6 cm³/mol. The number of carbonyl (C=O) groups excluding carboxylic acids is 1. The van der Waals surface area contributed by atoms with Crippen molar-refractivity contribution in [1.82, 2.24) is 4.90 Å². The molecule has 0 aromatic heterocycles. The maximum absolute atomic E-state index is 11.4. The summed E-state index contributed by atoms with van der Waals surface area (Å²) in [5, 5.41) is 0. The molecule has 14 heavy (non-hydrogen) atoms. The van der Waals surface area contributed by atoms with E-state index in [2.05, 4.69) is 0 Å². The minimum absolute atomic E-state index is 0.0422. The Morgan fingerprint density at radius 1 is 1.29 bits per heavy atom. The summed E-state index contributed by atoms with van der Waals surface area (Å²) in [4.78, 5) is 13.0. The summed E-state index contributed by atoms with van der Waals surface area (Å²) in [5.41, 5.74) is 0. The Morgan fingerprint density at radius 2 is 2.00 bits per heavy atom. The molecule has 0 unspecified atom stereocenters. The number of hydrogen-bond acceptors (Lipinski definition) is 2. The number of nitrogens with zero attached hydrogens (tertiary/aromatic N) is 1. The van der Waals surface area contributed by atoms with Gasteiger partial charge in [-0.3, -0.25) is 9.36 Å². The Bertz CT molecular complexity index is 287. The van der Waals surface area contributed by atoms with Gasteiger partial charge in [-0.05, 0) is 35.3 Å². The fraction of sp³-hybridized carbons (Fsp3) is 0.625. The zero-order valence-electron chi connectivity index (χ0n) is 7.66. The third-order valence-electron chi connectivity index (χ3n) is 2.03. The zero-order chi connectivity index (χ0) is 10.6. The van der Waals surface area contributed by atoms with Crippen molar-refractivity contribution >= 4 is 34.2 Å². The summed E-state index contributed by atoms with van der Waals surface area (Å²) < 4.78 is 11.0. The van der Waals surface area contributed by atoms with Gasteiger partial charge < -0.3 is 4.90 Å². The molecule has 1 saturated heterocycles. The van der Waals surface area contributed by atoms with Crippen molar-refractivity contribution in [2.75, 3.05) is 6.54 Å². The number of likely N-dealkylation sites (tertiary alicyclic amines) is 1. The van der Waals surface area contributed by atoms with Crippen molar-refractivity contribution < 1.29 is 9.36 Å². The number of amides is 1. The second kappa shape index (κ2) is 5.20. The van der Waals surface area contributed by atoms with Crippen LogP contribution in [0.3, 0.4) is 0 Å². The first-order chi connectivity index (χ1) is 6.49. The van der Waals surface area contributed by atoms with E-state index < -0.39 is 5.85 Å². The summed E-state index contributed by atoms with van der Waals surface area (Å²) in [7, 11) is 0. The second-order valence-corrected chi connectivity index (χ2v) is 8.03. The molecule has 1 aliphatic rings. The third-order valence-corrected chi connectivity index (χ3v) is 3.19. The molecular formula is C8H12Cl2NO2P. The first-order valence-electron chi connectivity index (χ1n) is 4.47. The van der Waals surface area contributed by atoms with Crippen LogP contribution in [0.1, 0.15) is 25.7 Å². The number of halogens is 2. The molecule has 1 fully saturated rings. The van der Waals surface area contributed by atoms with Crippen LogP contribution >= 0.6 is 28.3 Å². The quantitative estimate of drug-likeness (QED) is 0.708. The van der Waals surface area contributed by atoms with Gasteiger partial charge in [-0.25, -0.2) is 0 Å². The van der Waals surface area contributed by atoms with Crippen LogP contribution in [0.5, 0.6) is 0 Å². The maximum atomic E-state index is 11.4.